The topological polar surface area (TPSA) is 56.0 Å². The molecule has 0 saturated carbocycles. The first-order valence-corrected chi connectivity index (χ1v) is 6.93. The van der Waals surface area contributed by atoms with Gasteiger partial charge in [-0.05, 0) is 31.4 Å². The van der Waals surface area contributed by atoms with Gasteiger partial charge in [0.2, 0.25) is 0 Å². The summed E-state index contributed by atoms with van der Waals surface area (Å²) in [4.78, 5) is 14.5. The minimum atomic E-state index is 0.0661. The largest absolute Gasteiger partial charge is 0.332 e. The second-order valence-corrected chi connectivity index (χ2v) is 5.37. The average Bonchev–Trinajstić information content (AvgIpc) is 3.11. The quantitative estimate of drug-likeness (QED) is 0.845. The van der Waals surface area contributed by atoms with Crippen molar-refractivity contribution in [1.82, 2.24) is 24.5 Å². The third kappa shape index (κ3) is 2.33. The number of rotatable bonds is 3. The number of aryl methyl sites for hydroxylation is 2. The summed E-state index contributed by atoms with van der Waals surface area (Å²) < 4.78 is 3.56. The van der Waals surface area contributed by atoms with Crippen molar-refractivity contribution in [3.8, 4) is 0 Å². The molecule has 20 heavy (non-hydrogen) atoms. The summed E-state index contributed by atoms with van der Waals surface area (Å²) in [5, 5.41) is 8.39. The predicted octanol–water partition coefficient (Wildman–Crippen LogP) is 1.23. The van der Waals surface area contributed by atoms with E-state index in [1.807, 2.05) is 28.9 Å². The highest BCUT2D eigenvalue weighted by atomic mass is 16.2. The number of hydrogen-bond donors (Lipinski definition) is 0. The summed E-state index contributed by atoms with van der Waals surface area (Å²) in [6.07, 6.45) is 7.61. The van der Waals surface area contributed by atoms with E-state index in [1.54, 1.807) is 24.0 Å². The van der Waals surface area contributed by atoms with E-state index in [4.69, 9.17) is 0 Å². The first kappa shape index (κ1) is 12.9. The van der Waals surface area contributed by atoms with Crippen molar-refractivity contribution in [2.75, 3.05) is 6.54 Å². The third-order valence-electron chi connectivity index (χ3n) is 3.84. The molecule has 6 nitrogen and oxygen atoms in total. The Morgan fingerprint density at radius 3 is 2.95 bits per heavy atom. The maximum atomic E-state index is 12.6. The Balaban J connectivity index is 1.75. The van der Waals surface area contributed by atoms with Gasteiger partial charge in [0.05, 0.1) is 18.8 Å². The number of nitrogens with zero attached hydrogens (tertiary/aromatic N) is 5. The van der Waals surface area contributed by atoms with E-state index in [2.05, 4.69) is 10.2 Å². The SMILES string of the molecule is Cc1cnn(C[C@H]2CCCN2C(=O)c2ccnn2C)c1. The minimum Gasteiger partial charge on any atom is -0.332 e. The van der Waals surface area contributed by atoms with Gasteiger partial charge in [-0.1, -0.05) is 0 Å². The average molecular weight is 273 g/mol. The number of carbonyl (C=O) groups excluding carboxylic acids is 1. The molecule has 0 radical (unpaired) electrons. The number of carbonyl (C=O) groups is 1. The monoisotopic (exact) mass is 273 g/mol. The van der Waals surface area contributed by atoms with Gasteiger partial charge >= 0.3 is 0 Å². The first-order chi connectivity index (χ1) is 9.65. The smallest absolute Gasteiger partial charge is 0.272 e. The summed E-state index contributed by atoms with van der Waals surface area (Å²) in [5.41, 5.74) is 1.79. The molecule has 0 aromatic carbocycles. The molecule has 0 bridgehead atoms. The van der Waals surface area contributed by atoms with E-state index in [0.717, 1.165) is 31.5 Å². The third-order valence-corrected chi connectivity index (χ3v) is 3.84. The predicted molar refractivity (Wildman–Crippen MR) is 74.2 cm³/mol. The summed E-state index contributed by atoms with van der Waals surface area (Å²) in [7, 11) is 1.80. The molecule has 1 fully saturated rings. The van der Waals surface area contributed by atoms with Crippen LogP contribution < -0.4 is 0 Å². The van der Waals surface area contributed by atoms with Crippen molar-refractivity contribution < 1.29 is 4.79 Å². The molecule has 6 heteroatoms. The highest BCUT2D eigenvalue weighted by Crippen LogP contribution is 2.21. The number of likely N-dealkylation sites (tertiary alicyclic amines) is 1. The molecule has 106 valence electrons. The van der Waals surface area contributed by atoms with Crippen LogP contribution in [0.2, 0.25) is 0 Å². The molecular weight excluding hydrogens is 254 g/mol. The Bertz CT molecular complexity index is 615. The lowest BCUT2D eigenvalue weighted by Gasteiger charge is -2.24. The van der Waals surface area contributed by atoms with Crippen LogP contribution in [0.25, 0.3) is 0 Å². The normalized spacial score (nSPS) is 18.7. The van der Waals surface area contributed by atoms with Crippen molar-refractivity contribution in [2.24, 2.45) is 7.05 Å². The van der Waals surface area contributed by atoms with Crippen molar-refractivity contribution in [3.63, 3.8) is 0 Å². The van der Waals surface area contributed by atoms with Gasteiger partial charge in [0, 0.05) is 26.0 Å². The zero-order valence-electron chi connectivity index (χ0n) is 11.9. The fourth-order valence-electron chi connectivity index (χ4n) is 2.81. The highest BCUT2D eigenvalue weighted by Gasteiger charge is 2.30. The van der Waals surface area contributed by atoms with Crippen LogP contribution in [-0.4, -0.2) is 43.0 Å². The molecule has 1 aliphatic heterocycles. The Labute approximate surface area is 118 Å². The maximum absolute atomic E-state index is 12.6. The van der Waals surface area contributed by atoms with Gasteiger partial charge in [-0.25, -0.2) is 0 Å². The van der Waals surface area contributed by atoms with Gasteiger partial charge in [0.25, 0.3) is 5.91 Å². The molecule has 3 rings (SSSR count). The number of hydrogen-bond acceptors (Lipinski definition) is 3. The first-order valence-electron chi connectivity index (χ1n) is 6.93. The van der Waals surface area contributed by atoms with Gasteiger partial charge < -0.3 is 4.90 Å². The summed E-state index contributed by atoms with van der Waals surface area (Å²) in [6.45, 7) is 3.60. The van der Waals surface area contributed by atoms with E-state index in [0.29, 0.717) is 5.69 Å². The standard InChI is InChI=1S/C14H19N5O/c1-11-8-16-18(9-11)10-12-4-3-7-19(12)14(20)13-5-6-15-17(13)2/h5-6,8-9,12H,3-4,7,10H2,1-2H3/t12-/m1/s1. The molecule has 0 aliphatic carbocycles. The molecular formula is C14H19N5O. The van der Waals surface area contributed by atoms with E-state index < -0.39 is 0 Å². The van der Waals surface area contributed by atoms with Crippen molar-refractivity contribution in [3.05, 3.63) is 35.9 Å². The Morgan fingerprint density at radius 2 is 2.30 bits per heavy atom. The number of amides is 1. The molecule has 0 spiro atoms. The van der Waals surface area contributed by atoms with Crippen molar-refractivity contribution >= 4 is 5.91 Å². The van der Waals surface area contributed by atoms with E-state index in [-0.39, 0.29) is 11.9 Å². The zero-order chi connectivity index (χ0) is 14.1. The Morgan fingerprint density at radius 1 is 1.45 bits per heavy atom. The molecule has 2 aromatic rings. The molecule has 1 atom stereocenters. The lowest BCUT2D eigenvalue weighted by atomic mass is 10.2. The van der Waals surface area contributed by atoms with Gasteiger partial charge in [-0.3, -0.25) is 14.2 Å². The zero-order valence-corrected chi connectivity index (χ0v) is 11.9. The molecule has 3 heterocycles. The van der Waals surface area contributed by atoms with Crippen LogP contribution in [0.5, 0.6) is 0 Å². The van der Waals surface area contributed by atoms with E-state index >= 15 is 0 Å². The van der Waals surface area contributed by atoms with Crippen LogP contribution in [-0.2, 0) is 13.6 Å². The summed E-state index contributed by atoms with van der Waals surface area (Å²) >= 11 is 0. The van der Waals surface area contributed by atoms with Gasteiger partial charge in [-0.15, -0.1) is 0 Å². The molecule has 1 aliphatic rings. The maximum Gasteiger partial charge on any atom is 0.272 e. The van der Waals surface area contributed by atoms with Gasteiger partial charge in [0.15, 0.2) is 0 Å². The van der Waals surface area contributed by atoms with Crippen LogP contribution in [0, 0.1) is 6.92 Å². The van der Waals surface area contributed by atoms with Crippen LogP contribution in [0.4, 0.5) is 0 Å². The van der Waals surface area contributed by atoms with Crippen LogP contribution in [0.1, 0.15) is 28.9 Å². The number of aromatic nitrogens is 4. The molecule has 1 amide bonds. The van der Waals surface area contributed by atoms with Gasteiger partial charge in [0.1, 0.15) is 5.69 Å². The fourth-order valence-corrected chi connectivity index (χ4v) is 2.81. The minimum absolute atomic E-state index is 0.0661. The van der Waals surface area contributed by atoms with E-state index in [9.17, 15) is 4.79 Å². The Kier molecular flexibility index (Phi) is 3.30. The Hall–Kier alpha value is -2.11. The second kappa shape index (κ2) is 5.11. The van der Waals surface area contributed by atoms with Crippen LogP contribution in [0.3, 0.4) is 0 Å². The van der Waals surface area contributed by atoms with Crippen LogP contribution in [0.15, 0.2) is 24.7 Å². The highest BCUT2D eigenvalue weighted by molar-refractivity contribution is 5.92. The second-order valence-electron chi connectivity index (χ2n) is 5.37. The lowest BCUT2D eigenvalue weighted by Crippen LogP contribution is -2.39. The van der Waals surface area contributed by atoms with Crippen molar-refractivity contribution in [2.45, 2.75) is 32.4 Å². The van der Waals surface area contributed by atoms with Crippen LogP contribution >= 0.6 is 0 Å². The molecule has 0 unspecified atom stereocenters. The molecule has 1 saturated heterocycles. The van der Waals surface area contributed by atoms with Crippen molar-refractivity contribution in [1.29, 1.82) is 0 Å². The molecule has 2 aromatic heterocycles. The van der Waals surface area contributed by atoms with E-state index in [1.165, 1.54) is 0 Å². The lowest BCUT2D eigenvalue weighted by molar-refractivity contribution is 0.0710. The van der Waals surface area contributed by atoms with Gasteiger partial charge in [-0.2, -0.15) is 10.2 Å². The fraction of sp³-hybridized carbons (Fsp3) is 0.500. The summed E-state index contributed by atoms with van der Waals surface area (Å²) in [6, 6.07) is 1.99. The summed E-state index contributed by atoms with van der Waals surface area (Å²) in [5.74, 6) is 0.0661. The molecule has 0 N–H and O–H groups in total.